The summed E-state index contributed by atoms with van der Waals surface area (Å²) in [5.41, 5.74) is 5.99. The van der Waals surface area contributed by atoms with Crippen LogP contribution in [0.15, 0.2) is 23.6 Å². The van der Waals surface area contributed by atoms with Crippen LogP contribution in [0.25, 0.3) is 0 Å². The summed E-state index contributed by atoms with van der Waals surface area (Å²) in [7, 11) is 0. The van der Waals surface area contributed by atoms with Crippen molar-refractivity contribution in [1.29, 1.82) is 0 Å². The van der Waals surface area contributed by atoms with E-state index in [1.807, 2.05) is 13.8 Å². The minimum absolute atomic E-state index is 0.0887. The molecule has 1 aromatic heterocycles. The average molecular weight is 309 g/mol. The van der Waals surface area contributed by atoms with Gasteiger partial charge in [-0.1, -0.05) is 0 Å². The molecule has 0 aliphatic heterocycles. The van der Waals surface area contributed by atoms with Gasteiger partial charge in [0.2, 0.25) is 0 Å². The third kappa shape index (κ3) is 3.99. The Morgan fingerprint density at radius 2 is 2.29 bits per heavy atom. The molecule has 5 nitrogen and oxygen atoms in total. The summed E-state index contributed by atoms with van der Waals surface area (Å²) in [6.07, 6.45) is -0.0887. The molecule has 0 spiro atoms. The number of halogens is 1. The van der Waals surface area contributed by atoms with Gasteiger partial charge in [-0.05, 0) is 26.0 Å². The number of nitrogens with zero attached hydrogens (tertiary/aromatic N) is 1. The van der Waals surface area contributed by atoms with Crippen LogP contribution >= 0.6 is 11.3 Å². The van der Waals surface area contributed by atoms with E-state index < -0.39 is 11.7 Å². The molecule has 0 fully saturated rings. The van der Waals surface area contributed by atoms with E-state index in [4.69, 9.17) is 10.5 Å². The molecular formula is C14H16FN3O2S. The van der Waals surface area contributed by atoms with E-state index in [0.717, 1.165) is 0 Å². The average Bonchev–Trinajstić information content (AvgIpc) is 2.90. The molecule has 7 heteroatoms. The van der Waals surface area contributed by atoms with Gasteiger partial charge in [-0.25, -0.2) is 9.37 Å². The summed E-state index contributed by atoms with van der Waals surface area (Å²) in [6.45, 7) is 3.98. The number of hydrogen-bond acceptors (Lipinski definition) is 5. The van der Waals surface area contributed by atoms with Crippen molar-refractivity contribution < 1.29 is 13.9 Å². The molecule has 1 amide bonds. The summed E-state index contributed by atoms with van der Waals surface area (Å²) in [5.74, 6) is -0.471. The quantitative estimate of drug-likeness (QED) is 0.890. The zero-order chi connectivity index (χ0) is 15.4. The van der Waals surface area contributed by atoms with Gasteiger partial charge in [-0.3, -0.25) is 4.79 Å². The van der Waals surface area contributed by atoms with Crippen LogP contribution in [-0.4, -0.2) is 17.0 Å². The maximum absolute atomic E-state index is 13.4. The fraction of sp³-hybridized carbons (Fsp3) is 0.286. The van der Waals surface area contributed by atoms with Crippen LogP contribution in [0.5, 0.6) is 5.75 Å². The Morgan fingerprint density at radius 3 is 2.90 bits per heavy atom. The van der Waals surface area contributed by atoms with E-state index in [9.17, 15) is 9.18 Å². The number of rotatable bonds is 5. The third-order valence-corrected chi connectivity index (χ3v) is 3.38. The molecule has 0 bridgehead atoms. The van der Waals surface area contributed by atoms with Crippen molar-refractivity contribution in [2.75, 3.05) is 5.32 Å². The van der Waals surface area contributed by atoms with Crippen molar-refractivity contribution in [1.82, 2.24) is 4.98 Å². The van der Waals surface area contributed by atoms with Gasteiger partial charge in [0.25, 0.3) is 5.91 Å². The predicted octanol–water partition coefficient (Wildman–Crippen LogP) is 2.78. The van der Waals surface area contributed by atoms with Crippen LogP contribution in [-0.2, 0) is 6.54 Å². The highest BCUT2D eigenvalue weighted by molar-refractivity contribution is 7.09. The van der Waals surface area contributed by atoms with Crippen LogP contribution in [0, 0.1) is 5.82 Å². The monoisotopic (exact) mass is 309 g/mol. The lowest BCUT2D eigenvalue weighted by Crippen LogP contribution is -2.15. The largest absolute Gasteiger partial charge is 0.489 e. The zero-order valence-electron chi connectivity index (χ0n) is 11.7. The highest BCUT2D eigenvalue weighted by atomic mass is 32.1. The van der Waals surface area contributed by atoms with Crippen molar-refractivity contribution >= 4 is 22.9 Å². The standard InChI is InChI=1S/C14H16FN3O2S/c1-8(2)20-12-4-3-9(15)5-10(12)18-14(19)11-7-21-13(6-16)17-11/h3-5,7-8H,6,16H2,1-2H3,(H,18,19). The minimum atomic E-state index is -0.456. The van der Waals surface area contributed by atoms with E-state index in [1.165, 1.54) is 29.5 Å². The van der Waals surface area contributed by atoms with Crippen molar-refractivity contribution in [3.63, 3.8) is 0 Å². The molecule has 0 aliphatic rings. The molecule has 0 atom stereocenters. The van der Waals surface area contributed by atoms with Crippen molar-refractivity contribution in [2.24, 2.45) is 5.73 Å². The maximum atomic E-state index is 13.4. The Morgan fingerprint density at radius 1 is 1.52 bits per heavy atom. The number of benzene rings is 1. The smallest absolute Gasteiger partial charge is 0.275 e. The van der Waals surface area contributed by atoms with Gasteiger partial charge in [-0.2, -0.15) is 0 Å². The lowest BCUT2D eigenvalue weighted by Gasteiger charge is -2.14. The van der Waals surface area contributed by atoms with Gasteiger partial charge < -0.3 is 15.8 Å². The van der Waals surface area contributed by atoms with Crippen LogP contribution in [0.2, 0.25) is 0 Å². The highest BCUT2D eigenvalue weighted by Gasteiger charge is 2.14. The second-order valence-corrected chi connectivity index (χ2v) is 5.53. The number of carbonyl (C=O) groups excluding carboxylic acids is 1. The number of amides is 1. The van der Waals surface area contributed by atoms with Gasteiger partial charge >= 0.3 is 0 Å². The Labute approximate surface area is 126 Å². The molecule has 0 saturated heterocycles. The fourth-order valence-electron chi connectivity index (χ4n) is 1.65. The van der Waals surface area contributed by atoms with E-state index >= 15 is 0 Å². The molecule has 0 unspecified atom stereocenters. The predicted molar refractivity (Wildman–Crippen MR) is 80.1 cm³/mol. The Balaban J connectivity index is 2.21. The number of nitrogens with two attached hydrogens (primary N) is 1. The Kier molecular flexibility index (Phi) is 4.87. The highest BCUT2D eigenvalue weighted by Crippen LogP contribution is 2.27. The molecule has 1 heterocycles. The Hall–Kier alpha value is -1.99. The summed E-state index contributed by atoms with van der Waals surface area (Å²) in [6, 6.07) is 3.98. The van der Waals surface area contributed by atoms with Crippen molar-refractivity contribution in [3.05, 3.63) is 40.1 Å². The Bertz CT molecular complexity index is 643. The molecule has 0 saturated carbocycles. The number of nitrogens with one attached hydrogen (secondary N) is 1. The topological polar surface area (TPSA) is 77.2 Å². The van der Waals surface area contributed by atoms with E-state index in [1.54, 1.807) is 5.38 Å². The van der Waals surface area contributed by atoms with Gasteiger partial charge in [-0.15, -0.1) is 11.3 Å². The first kappa shape index (κ1) is 15.4. The third-order valence-electron chi connectivity index (χ3n) is 2.51. The molecule has 21 heavy (non-hydrogen) atoms. The molecule has 2 rings (SSSR count). The second kappa shape index (κ2) is 6.64. The lowest BCUT2D eigenvalue weighted by molar-refractivity contribution is 0.102. The lowest BCUT2D eigenvalue weighted by atomic mass is 10.2. The van der Waals surface area contributed by atoms with Gasteiger partial charge in [0.1, 0.15) is 22.3 Å². The van der Waals surface area contributed by atoms with E-state index in [2.05, 4.69) is 10.3 Å². The van der Waals surface area contributed by atoms with E-state index in [0.29, 0.717) is 10.8 Å². The molecule has 1 aromatic carbocycles. The molecule has 2 aromatic rings. The van der Waals surface area contributed by atoms with Crippen LogP contribution in [0.1, 0.15) is 29.3 Å². The van der Waals surface area contributed by atoms with Crippen LogP contribution < -0.4 is 15.8 Å². The normalized spacial score (nSPS) is 10.7. The maximum Gasteiger partial charge on any atom is 0.275 e. The first-order valence-electron chi connectivity index (χ1n) is 6.41. The van der Waals surface area contributed by atoms with Gasteiger partial charge in [0.05, 0.1) is 11.8 Å². The molecular weight excluding hydrogens is 293 g/mol. The SMILES string of the molecule is CC(C)Oc1ccc(F)cc1NC(=O)c1csc(CN)n1. The summed E-state index contributed by atoms with van der Waals surface area (Å²) in [5, 5.41) is 4.89. The molecule has 3 N–H and O–H groups in total. The van der Waals surface area contributed by atoms with Gasteiger partial charge in [0, 0.05) is 18.0 Å². The zero-order valence-corrected chi connectivity index (χ0v) is 12.5. The second-order valence-electron chi connectivity index (χ2n) is 4.59. The number of ether oxygens (including phenoxy) is 1. The number of thiazole rings is 1. The fourth-order valence-corrected chi connectivity index (χ4v) is 2.31. The summed E-state index contributed by atoms with van der Waals surface area (Å²) < 4.78 is 18.9. The van der Waals surface area contributed by atoms with E-state index in [-0.39, 0.29) is 24.0 Å². The number of aromatic nitrogens is 1. The summed E-state index contributed by atoms with van der Waals surface area (Å²) in [4.78, 5) is 16.2. The summed E-state index contributed by atoms with van der Waals surface area (Å²) >= 11 is 1.30. The first-order valence-corrected chi connectivity index (χ1v) is 7.29. The molecule has 0 aliphatic carbocycles. The van der Waals surface area contributed by atoms with Crippen LogP contribution in [0.4, 0.5) is 10.1 Å². The first-order chi connectivity index (χ1) is 9.99. The molecule has 112 valence electrons. The number of anilines is 1. The van der Waals surface area contributed by atoms with Crippen LogP contribution in [0.3, 0.4) is 0 Å². The van der Waals surface area contributed by atoms with Gasteiger partial charge in [0.15, 0.2) is 0 Å². The minimum Gasteiger partial charge on any atom is -0.489 e. The van der Waals surface area contributed by atoms with Crippen molar-refractivity contribution in [2.45, 2.75) is 26.5 Å². The number of hydrogen-bond donors (Lipinski definition) is 2. The molecule has 0 radical (unpaired) electrons. The van der Waals surface area contributed by atoms with Crippen molar-refractivity contribution in [3.8, 4) is 5.75 Å². The number of carbonyl (C=O) groups is 1.